The number of hydrogen-bond donors (Lipinski definition) is 2. The lowest BCUT2D eigenvalue weighted by Crippen LogP contribution is -2.18. The van der Waals surface area contributed by atoms with E-state index in [9.17, 15) is 9.36 Å². The van der Waals surface area contributed by atoms with E-state index in [0.29, 0.717) is 16.7 Å². The van der Waals surface area contributed by atoms with Crippen molar-refractivity contribution in [3.05, 3.63) is 66.0 Å². The summed E-state index contributed by atoms with van der Waals surface area (Å²) >= 11 is 0. The molecule has 0 spiro atoms. The van der Waals surface area contributed by atoms with Crippen molar-refractivity contribution in [2.24, 2.45) is 0 Å². The summed E-state index contributed by atoms with van der Waals surface area (Å²) in [4.78, 5) is 21.2. The highest BCUT2D eigenvalue weighted by Crippen LogP contribution is 2.45. The Morgan fingerprint density at radius 2 is 1.80 bits per heavy atom. The molecule has 0 aliphatic rings. The van der Waals surface area contributed by atoms with Gasteiger partial charge in [-0.05, 0) is 38.1 Å². The van der Waals surface area contributed by atoms with Crippen LogP contribution in [-0.4, -0.2) is 29.6 Å². The molecule has 2 aromatic carbocycles. The molecule has 9 heteroatoms. The number of amides is 1. The van der Waals surface area contributed by atoms with E-state index >= 15 is 0 Å². The first-order valence-corrected chi connectivity index (χ1v) is 10.8. The quantitative estimate of drug-likeness (QED) is 0.552. The first-order chi connectivity index (χ1) is 14.4. The van der Waals surface area contributed by atoms with Gasteiger partial charge in [0.2, 0.25) is 0 Å². The molecule has 0 aliphatic carbocycles. The molecular formula is C21H23N4O4P. The van der Waals surface area contributed by atoms with Crippen LogP contribution in [0, 0.1) is 6.92 Å². The lowest BCUT2D eigenvalue weighted by atomic mass is 10.1. The molecule has 3 aromatic rings. The average Bonchev–Trinajstić information content (AvgIpc) is 2.75. The molecule has 1 amide bonds. The molecule has 0 radical (unpaired) electrons. The summed E-state index contributed by atoms with van der Waals surface area (Å²) in [7, 11) is -2.04. The van der Waals surface area contributed by atoms with Gasteiger partial charge in [0.1, 0.15) is 0 Å². The number of hydrogen-bond acceptors (Lipinski definition) is 7. The van der Waals surface area contributed by atoms with Crippen LogP contribution in [0.25, 0.3) is 11.3 Å². The normalized spacial score (nSPS) is 12.9. The minimum Gasteiger partial charge on any atom is -0.382 e. The molecule has 0 saturated carbocycles. The summed E-state index contributed by atoms with van der Waals surface area (Å²) in [5.74, 6) is -0.471. The second kappa shape index (κ2) is 9.17. The first-order valence-electron chi connectivity index (χ1n) is 9.28. The van der Waals surface area contributed by atoms with Gasteiger partial charge < -0.3 is 20.1 Å². The van der Waals surface area contributed by atoms with E-state index < -0.39 is 13.5 Å². The van der Waals surface area contributed by atoms with Crippen molar-refractivity contribution in [1.29, 1.82) is 0 Å². The average molecular weight is 426 g/mol. The fraction of sp³-hybridized carbons (Fsp3) is 0.190. The Kier molecular flexibility index (Phi) is 6.62. The van der Waals surface area contributed by atoms with Crippen molar-refractivity contribution >= 4 is 30.3 Å². The summed E-state index contributed by atoms with van der Waals surface area (Å²) < 4.78 is 22.9. The highest BCUT2D eigenvalue weighted by atomic mass is 31.2. The van der Waals surface area contributed by atoms with E-state index in [0.717, 1.165) is 11.1 Å². The molecule has 1 heterocycles. The zero-order valence-corrected chi connectivity index (χ0v) is 17.8. The SMILES string of the molecule is CCOP(=O)(OC)c1ccc(NC(=O)c2nc(-c3ccc(C)cc3)cnc2N)cc1. The van der Waals surface area contributed by atoms with Crippen molar-refractivity contribution < 1.29 is 18.4 Å². The van der Waals surface area contributed by atoms with Crippen molar-refractivity contribution in [2.75, 3.05) is 24.8 Å². The van der Waals surface area contributed by atoms with Crippen LogP contribution < -0.4 is 16.4 Å². The van der Waals surface area contributed by atoms with E-state index in [1.807, 2.05) is 31.2 Å². The van der Waals surface area contributed by atoms with Crippen LogP contribution in [0.2, 0.25) is 0 Å². The number of anilines is 2. The summed E-state index contributed by atoms with van der Waals surface area (Å²) in [5, 5.41) is 3.12. The number of benzene rings is 2. The van der Waals surface area contributed by atoms with E-state index in [2.05, 4.69) is 15.3 Å². The van der Waals surface area contributed by atoms with Gasteiger partial charge in [0.05, 0.1) is 23.8 Å². The Bertz CT molecular complexity index is 1090. The number of carbonyl (C=O) groups excluding carboxylic acids is 1. The smallest absolute Gasteiger partial charge is 0.361 e. The van der Waals surface area contributed by atoms with Gasteiger partial charge in [-0.25, -0.2) is 9.97 Å². The molecule has 0 bridgehead atoms. The molecule has 1 atom stereocenters. The fourth-order valence-electron chi connectivity index (χ4n) is 2.75. The molecule has 1 aromatic heterocycles. The Balaban J connectivity index is 1.81. The molecule has 3 rings (SSSR count). The Morgan fingerprint density at radius 1 is 1.13 bits per heavy atom. The predicted octanol–water partition coefficient (Wildman–Crippen LogP) is 3.79. The van der Waals surface area contributed by atoms with Gasteiger partial charge in [0.25, 0.3) is 5.91 Å². The second-order valence-electron chi connectivity index (χ2n) is 6.45. The lowest BCUT2D eigenvalue weighted by molar-refractivity contribution is 0.102. The zero-order valence-electron chi connectivity index (χ0n) is 17.0. The molecule has 1 unspecified atom stereocenters. The maximum Gasteiger partial charge on any atom is 0.361 e. The van der Waals surface area contributed by atoms with Crippen LogP contribution in [0.1, 0.15) is 23.0 Å². The number of rotatable bonds is 7. The summed E-state index contributed by atoms with van der Waals surface area (Å²) in [6, 6.07) is 14.1. The number of carbonyl (C=O) groups is 1. The number of nitrogens with one attached hydrogen (secondary N) is 1. The van der Waals surface area contributed by atoms with Gasteiger partial charge >= 0.3 is 7.60 Å². The van der Waals surface area contributed by atoms with Crippen LogP contribution in [0.4, 0.5) is 11.5 Å². The van der Waals surface area contributed by atoms with Crippen molar-refractivity contribution in [3.63, 3.8) is 0 Å². The van der Waals surface area contributed by atoms with Crippen molar-refractivity contribution in [2.45, 2.75) is 13.8 Å². The number of aryl methyl sites for hydroxylation is 1. The molecule has 8 nitrogen and oxygen atoms in total. The van der Waals surface area contributed by atoms with Gasteiger partial charge in [0, 0.05) is 18.4 Å². The monoisotopic (exact) mass is 426 g/mol. The van der Waals surface area contributed by atoms with Crippen LogP contribution in [-0.2, 0) is 13.6 Å². The standard InChI is InChI=1S/C21H23N4O4P/c1-4-29-30(27,28-3)17-11-9-16(10-12-17)24-21(26)19-20(22)23-13-18(25-19)15-7-5-14(2)6-8-15/h5-13H,4H2,1-3H3,(H2,22,23)(H,24,26). The number of nitrogens with zero attached hydrogens (tertiary/aromatic N) is 2. The van der Waals surface area contributed by atoms with E-state index in [1.165, 1.54) is 13.3 Å². The summed E-state index contributed by atoms with van der Waals surface area (Å²) in [5.41, 5.74) is 8.87. The van der Waals surface area contributed by atoms with E-state index in [1.54, 1.807) is 31.2 Å². The van der Waals surface area contributed by atoms with Gasteiger partial charge in [-0.1, -0.05) is 29.8 Å². The van der Waals surface area contributed by atoms with Gasteiger partial charge in [-0.15, -0.1) is 0 Å². The highest BCUT2D eigenvalue weighted by Gasteiger charge is 2.25. The van der Waals surface area contributed by atoms with Crippen LogP contribution in [0.15, 0.2) is 54.7 Å². The Morgan fingerprint density at radius 3 is 2.40 bits per heavy atom. The topological polar surface area (TPSA) is 116 Å². The van der Waals surface area contributed by atoms with E-state index in [-0.39, 0.29) is 18.1 Å². The van der Waals surface area contributed by atoms with Gasteiger partial charge in [-0.2, -0.15) is 0 Å². The van der Waals surface area contributed by atoms with Crippen molar-refractivity contribution in [3.8, 4) is 11.3 Å². The molecule has 3 N–H and O–H groups in total. The number of aromatic nitrogens is 2. The van der Waals surface area contributed by atoms with Crippen LogP contribution in [0.3, 0.4) is 0 Å². The fourth-order valence-corrected chi connectivity index (χ4v) is 4.07. The third-order valence-corrected chi connectivity index (χ3v) is 6.35. The van der Waals surface area contributed by atoms with Crippen LogP contribution in [0.5, 0.6) is 0 Å². The minimum absolute atomic E-state index is 0.0223. The van der Waals surface area contributed by atoms with Gasteiger partial charge in [-0.3, -0.25) is 9.36 Å². The van der Waals surface area contributed by atoms with E-state index in [4.69, 9.17) is 14.8 Å². The molecule has 0 fully saturated rings. The third-order valence-electron chi connectivity index (χ3n) is 4.34. The minimum atomic E-state index is -3.37. The first kappa shape index (κ1) is 21.6. The lowest BCUT2D eigenvalue weighted by Gasteiger charge is -2.15. The second-order valence-corrected chi connectivity index (χ2v) is 8.59. The Labute approximate surface area is 175 Å². The predicted molar refractivity (Wildman–Crippen MR) is 117 cm³/mol. The van der Waals surface area contributed by atoms with Crippen molar-refractivity contribution in [1.82, 2.24) is 9.97 Å². The number of nitrogens with two attached hydrogens (primary N) is 1. The summed E-state index contributed by atoms with van der Waals surface area (Å²) in [6.07, 6.45) is 1.53. The number of nitrogen functional groups attached to an aromatic ring is 1. The maximum atomic E-state index is 12.7. The highest BCUT2D eigenvalue weighted by molar-refractivity contribution is 7.62. The zero-order chi connectivity index (χ0) is 21.7. The molecule has 156 valence electrons. The molecule has 0 saturated heterocycles. The summed E-state index contributed by atoms with van der Waals surface area (Å²) in [6.45, 7) is 3.97. The van der Waals surface area contributed by atoms with Crippen LogP contribution >= 0.6 is 7.60 Å². The maximum absolute atomic E-state index is 12.7. The molecule has 0 aliphatic heterocycles. The molecule has 30 heavy (non-hydrogen) atoms. The largest absolute Gasteiger partial charge is 0.382 e. The third kappa shape index (κ3) is 4.74. The Hall–Kier alpha value is -3.06. The van der Waals surface area contributed by atoms with Gasteiger partial charge in [0.15, 0.2) is 11.5 Å². The molecular weight excluding hydrogens is 403 g/mol.